The molecule has 1 atom stereocenters. The maximum absolute atomic E-state index is 12.5. The van der Waals surface area contributed by atoms with Gasteiger partial charge in [0.25, 0.3) is 0 Å². The number of fused-ring (bicyclic) bond motifs is 1. The van der Waals surface area contributed by atoms with Crippen molar-refractivity contribution in [3.05, 3.63) is 57.8 Å². The zero-order valence-electron chi connectivity index (χ0n) is 12.2. The summed E-state index contributed by atoms with van der Waals surface area (Å²) in [4.78, 5) is 15.7. The van der Waals surface area contributed by atoms with E-state index in [0.717, 1.165) is 25.9 Å². The van der Waals surface area contributed by atoms with Gasteiger partial charge < -0.3 is 10.2 Å². The minimum Gasteiger partial charge on any atom is -0.344 e. The van der Waals surface area contributed by atoms with Crippen LogP contribution in [0, 0.1) is 0 Å². The van der Waals surface area contributed by atoms with Gasteiger partial charge in [0.1, 0.15) is 0 Å². The van der Waals surface area contributed by atoms with Crippen LogP contribution in [0.1, 0.15) is 16.0 Å². The lowest BCUT2D eigenvalue weighted by Gasteiger charge is -2.29. The second kappa shape index (κ2) is 6.41. The average Bonchev–Trinajstić information content (AvgIpc) is 3.05. The van der Waals surface area contributed by atoms with Gasteiger partial charge in [-0.05, 0) is 35.4 Å². The highest BCUT2D eigenvalue weighted by atomic mass is 32.1. The summed E-state index contributed by atoms with van der Waals surface area (Å²) in [6.07, 6.45) is 1.72. The van der Waals surface area contributed by atoms with E-state index in [9.17, 15) is 4.79 Å². The van der Waals surface area contributed by atoms with Gasteiger partial charge in [0.05, 0.1) is 6.04 Å². The van der Waals surface area contributed by atoms with Crippen LogP contribution < -0.4 is 5.32 Å². The molecule has 0 spiro atoms. The molecule has 1 aromatic carbocycles. The summed E-state index contributed by atoms with van der Waals surface area (Å²) < 4.78 is 0. The van der Waals surface area contributed by atoms with Gasteiger partial charge in [0.15, 0.2) is 0 Å². The van der Waals surface area contributed by atoms with Crippen molar-refractivity contribution in [2.45, 2.75) is 25.4 Å². The van der Waals surface area contributed by atoms with Crippen molar-refractivity contribution in [2.75, 3.05) is 13.6 Å². The Kier molecular flexibility index (Phi) is 4.36. The summed E-state index contributed by atoms with van der Waals surface area (Å²) in [6.45, 7) is 1.56. The van der Waals surface area contributed by atoms with Gasteiger partial charge in [-0.25, -0.2) is 0 Å². The number of hydrogen-bond acceptors (Lipinski definition) is 3. The van der Waals surface area contributed by atoms with E-state index in [1.54, 1.807) is 11.3 Å². The molecule has 4 heteroatoms. The molecule has 0 unspecified atom stereocenters. The molecule has 1 amide bonds. The van der Waals surface area contributed by atoms with Crippen LogP contribution in [0.2, 0.25) is 0 Å². The van der Waals surface area contributed by atoms with Crippen molar-refractivity contribution in [3.8, 4) is 0 Å². The van der Waals surface area contributed by atoms with Gasteiger partial charge in [0, 0.05) is 25.0 Å². The molecule has 3 rings (SSSR count). The highest BCUT2D eigenvalue weighted by Crippen LogP contribution is 2.17. The van der Waals surface area contributed by atoms with Crippen LogP contribution in [0.15, 0.2) is 41.8 Å². The molecule has 0 saturated carbocycles. The predicted octanol–water partition coefficient (Wildman–Crippen LogP) is 2.46. The van der Waals surface area contributed by atoms with Gasteiger partial charge in [-0.15, -0.1) is 11.3 Å². The Morgan fingerprint density at radius 3 is 2.86 bits per heavy atom. The number of benzene rings is 1. The zero-order chi connectivity index (χ0) is 14.7. The van der Waals surface area contributed by atoms with Crippen molar-refractivity contribution in [3.63, 3.8) is 0 Å². The lowest BCUT2D eigenvalue weighted by molar-refractivity contribution is -0.132. The zero-order valence-corrected chi connectivity index (χ0v) is 13.0. The Morgan fingerprint density at radius 2 is 2.10 bits per heavy atom. The topological polar surface area (TPSA) is 32.3 Å². The third-order valence-corrected chi connectivity index (χ3v) is 4.97. The first kappa shape index (κ1) is 14.3. The van der Waals surface area contributed by atoms with Gasteiger partial charge in [-0.1, -0.05) is 30.3 Å². The average molecular weight is 300 g/mol. The number of carbonyl (C=O) groups is 1. The molecule has 110 valence electrons. The molecule has 1 aliphatic rings. The van der Waals surface area contributed by atoms with Crippen LogP contribution in [0.25, 0.3) is 0 Å². The summed E-state index contributed by atoms with van der Waals surface area (Å²) in [5, 5.41) is 5.44. The Morgan fingerprint density at radius 1 is 1.29 bits per heavy atom. The fourth-order valence-corrected chi connectivity index (χ4v) is 3.44. The summed E-state index contributed by atoms with van der Waals surface area (Å²) in [5.41, 5.74) is 2.60. The Balaban J connectivity index is 1.58. The van der Waals surface area contributed by atoms with Crippen LogP contribution in [0.3, 0.4) is 0 Å². The van der Waals surface area contributed by atoms with Crippen molar-refractivity contribution in [1.82, 2.24) is 10.2 Å². The Hall–Kier alpha value is -1.65. The summed E-state index contributed by atoms with van der Waals surface area (Å²) in [5.74, 6) is 0.195. The van der Waals surface area contributed by atoms with Gasteiger partial charge in [-0.3, -0.25) is 4.79 Å². The molecule has 2 aromatic rings. The number of thiophene rings is 1. The number of hydrogen-bond donors (Lipinski definition) is 1. The van der Waals surface area contributed by atoms with E-state index in [4.69, 9.17) is 0 Å². The van der Waals surface area contributed by atoms with E-state index in [1.807, 2.05) is 18.0 Å². The lowest BCUT2D eigenvalue weighted by Crippen LogP contribution is -2.48. The fraction of sp³-hybridized carbons (Fsp3) is 0.353. The highest BCUT2D eigenvalue weighted by molar-refractivity contribution is 7.09. The van der Waals surface area contributed by atoms with Crippen LogP contribution in [-0.4, -0.2) is 30.4 Å². The van der Waals surface area contributed by atoms with Crippen LogP contribution in [-0.2, 0) is 24.2 Å². The first-order chi connectivity index (χ1) is 10.2. The first-order valence-corrected chi connectivity index (χ1v) is 8.19. The number of rotatable bonds is 4. The molecule has 21 heavy (non-hydrogen) atoms. The van der Waals surface area contributed by atoms with Crippen molar-refractivity contribution < 1.29 is 4.79 Å². The first-order valence-electron chi connectivity index (χ1n) is 7.31. The molecule has 0 bridgehead atoms. The van der Waals surface area contributed by atoms with Gasteiger partial charge in [0.2, 0.25) is 5.91 Å². The van der Waals surface area contributed by atoms with Crippen LogP contribution in [0.5, 0.6) is 0 Å². The smallest absolute Gasteiger partial charge is 0.239 e. The van der Waals surface area contributed by atoms with E-state index in [2.05, 4.69) is 41.0 Å². The Bertz CT molecular complexity index is 609. The minimum atomic E-state index is -0.0896. The molecule has 0 fully saturated rings. The van der Waals surface area contributed by atoms with Gasteiger partial charge >= 0.3 is 0 Å². The Labute approximate surface area is 129 Å². The van der Waals surface area contributed by atoms with E-state index in [-0.39, 0.29) is 11.9 Å². The maximum atomic E-state index is 12.5. The molecule has 0 saturated heterocycles. The fourth-order valence-electron chi connectivity index (χ4n) is 2.74. The molecule has 1 aliphatic heterocycles. The second-order valence-electron chi connectivity index (χ2n) is 5.50. The molecule has 0 radical (unpaired) electrons. The predicted molar refractivity (Wildman–Crippen MR) is 86.4 cm³/mol. The molecular formula is C17H20N2OS. The standard InChI is InChI=1S/C17H20N2OS/c1-19(9-8-15-7-4-10-21-15)17(20)16-11-13-5-2-3-6-14(13)12-18-16/h2-7,10,16,18H,8-9,11-12H2,1H3/t16-/m0/s1. The summed E-state index contributed by atoms with van der Waals surface area (Å²) in [7, 11) is 1.90. The van der Waals surface area contributed by atoms with Crippen molar-refractivity contribution in [1.29, 1.82) is 0 Å². The summed E-state index contributed by atoms with van der Waals surface area (Å²) >= 11 is 1.75. The van der Waals surface area contributed by atoms with Crippen molar-refractivity contribution in [2.24, 2.45) is 0 Å². The van der Waals surface area contributed by atoms with Crippen LogP contribution in [0.4, 0.5) is 0 Å². The third-order valence-electron chi connectivity index (χ3n) is 4.03. The molecule has 2 heterocycles. The second-order valence-corrected chi connectivity index (χ2v) is 6.53. The molecular weight excluding hydrogens is 280 g/mol. The quantitative estimate of drug-likeness (QED) is 0.941. The number of carbonyl (C=O) groups excluding carboxylic acids is 1. The molecule has 0 aliphatic carbocycles. The maximum Gasteiger partial charge on any atom is 0.239 e. The van der Waals surface area contributed by atoms with E-state index in [0.29, 0.717) is 0 Å². The normalized spacial score (nSPS) is 17.3. The molecule has 3 nitrogen and oxygen atoms in total. The highest BCUT2D eigenvalue weighted by Gasteiger charge is 2.26. The van der Waals surface area contributed by atoms with Crippen molar-refractivity contribution >= 4 is 17.2 Å². The number of nitrogens with zero attached hydrogens (tertiary/aromatic N) is 1. The van der Waals surface area contributed by atoms with E-state index in [1.165, 1.54) is 16.0 Å². The van der Waals surface area contributed by atoms with E-state index < -0.39 is 0 Å². The number of amides is 1. The largest absolute Gasteiger partial charge is 0.344 e. The van der Waals surface area contributed by atoms with Gasteiger partial charge in [-0.2, -0.15) is 0 Å². The number of nitrogens with one attached hydrogen (secondary N) is 1. The monoisotopic (exact) mass is 300 g/mol. The molecule has 1 aromatic heterocycles. The lowest BCUT2D eigenvalue weighted by atomic mass is 9.95. The number of likely N-dealkylation sites (N-methyl/N-ethyl adjacent to an activating group) is 1. The SMILES string of the molecule is CN(CCc1cccs1)C(=O)[C@@H]1Cc2ccccc2CN1. The van der Waals surface area contributed by atoms with Crippen LogP contribution >= 0.6 is 11.3 Å². The molecule has 1 N–H and O–H groups in total. The minimum absolute atomic E-state index is 0.0896. The van der Waals surface area contributed by atoms with E-state index >= 15 is 0 Å². The summed E-state index contributed by atoms with van der Waals surface area (Å²) in [6, 6.07) is 12.4. The third kappa shape index (κ3) is 3.34.